The topological polar surface area (TPSA) is 46.9 Å². The Balaban J connectivity index is 2.74. The Hall–Kier alpha value is -1.84. The van der Waals surface area contributed by atoms with Gasteiger partial charge >= 0.3 is 0 Å². The zero-order chi connectivity index (χ0) is 14.2. The van der Waals surface area contributed by atoms with E-state index in [0.717, 1.165) is 5.52 Å². The van der Waals surface area contributed by atoms with Crippen molar-refractivity contribution in [1.82, 2.24) is 9.55 Å². The van der Waals surface area contributed by atoms with Crippen molar-refractivity contribution in [3.05, 3.63) is 34.6 Å². The van der Waals surface area contributed by atoms with Gasteiger partial charge in [0.05, 0.1) is 10.9 Å². The molecule has 0 atom stereocenters. The highest BCUT2D eigenvalue weighted by Gasteiger charge is 2.17. The van der Waals surface area contributed by atoms with Gasteiger partial charge in [-0.05, 0) is 46.8 Å². The number of hydrogen-bond donors (Lipinski definition) is 1. The molecule has 2 rings (SSSR count). The van der Waals surface area contributed by atoms with Gasteiger partial charge in [-0.25, -0.2) is 4.98 Å². The normalized spacial score (nSPS) is 12.1. The van der Waals surface area contributed by atoms with Gasteiger partial charge in [-0.15, -0.1) is 0 Å². The van der Waals surface area contributed by atoms with Crippen LogP contribution < -0.4 is 10.9 Å². The predicted octanol–water partition coefficient (Wildman–Crippen LogP) is 3.19. The van der Waals surface area contributed by atoms with Gasteiger partial charge in [0, 0.05) is 11.6 Å². The van der Waals surface area contributed by atoms with E-state index in [9.17, 15) is 4.79 Å². The fraction of sp³-hybridized carbons (Fsp3) is 0.467. The van der Waals surface area contributed by atoms with Gasteiger partial charge in [0.2, 0.25) is 5.95 Å². The molecular formula is C15H21N3O. The predicted molar refractivity (Wildman–Crippen MR) is 79.8 cm³/mol. The van der Waals surface area contributed by atoms with Gasteiger partial charge in [-0.3, -0.25) is 9.36 Å². The molecule has 0 radical (unpaired) electrons. The van der Waals surface area contributed by atoms with Crippen LogP contribution in [-0.2, 0) is 0 Å². The molecule has 102 valence electrons. The summed E-state index contributed by atoms with van der Waals surface area (Å²) in [5, 5.41) is 3.98. The van der Waals surface area contributed by atoms with Crippen molar-refractivity contribution in [1.29, 1.82) is 0 Å². The van der Waals surface area contributed by atoms with E-state index in [2.05, 4.69) is 31.1 Å². The Morgan fingerprint density at radius 3 is 2.42 bits per heavy atom. The van der Waals surface area contributed by atoms with Crippen molar-refractivity contribution in [2.75, 3.05) is 5.32 Å². The monoisotopic (exact) mass is 259 g/mol. The number of para-hydroxylation sites is 1. The van der Waals surface area contributed by atoms with E-state index in [-0.39, 0.29) is 17.1 Å². The number of rotatable bonds is 2. The molecule has 2 aromatic rings. The number of nitrogens with zero attached hydrogens (tertiary/aromatic N) is 2. The third-order valence-electron chi connectivity index (χ3n) is 2.81. The number of nitrogens with one attached hydrogen (secondary N) is 1. The van der Waals surface area contributed by atoms with E-state index < -0.39 is 0 Å². The summed E-state index contributed by atoms with van der Waals surface area (Å²) in [4.78, 5) is 17.2. The van der Waals surface area contributed by atoms with Crippen LogP contribution in [0.4, 0.5) is 5.95 Å². The molecule has 0 saturated heterocycles. The molecule has 0 amide bonds. The maximum atomic E-state index is 12.6. The van der Waals surface area contributed by atoms with E-state index in [1.165, 1.54) is 0 Å². The number of anilines is 1. The standard InChI is InChI=1S/C15H21N3O/c1-10(2)18-13(19)11-8-6-7-9-12(11)16-14(18)17-15(3,4)5/h6-10H,1-5H3,(H,16,17). The van der Waals surface area contributed by atoms with Gasteiger partial charge in [-0.1, -0.05) is 12.1 Å². The summed E-state index contributed by atoms with van der Waals surface area (Å²) in [6.07, 6.45) is 0. The summed E-state index contributed by atoms with van der Waals surface area (Å²) in [6, 6.07) is 7.52. The first-order valence-electron chi connectivity index (χ1n) is 6.59. The maximum Gasteiger partial charge on any atom is 0.263 e. The zero-order valence-electron chi connectivity index (χ0n) is 12.2. The van der Waals surface area contributed by atoms with Gasteiger partial charge in [0.15, 0.2) is 0 Å². The summed E-state index contributed by atoms with van der Waals surface area (Å²) >= 11 is 0. The molecular weight excluding hydrogens is 238 g/mol. The molecule has 1 N–H and O–H groups in total. The molecule has 0 unspecified atom stereocenters. The van der Waals surface area contributed by atoms with Crippen LogP contribution >= 0.6 is 0 Å². The van der Waals surface area contributed by atoms with E-state index in [1.807, 2.05) is 38.1 Å². The molecule has 4 heteroatoms. The van der Waals surface area contributed by atoms with E-state index >= 15 is 0 Å². The van der Waals surface area contributed by atoms with E-state index in [4.69, 9.17) is 0 Å². The molecule has 0 saturated carbocycles. The average molecular weight is 259 g/mol. The summed E-state index contributed by atoms with van der Waals surface area (Å²) in [5.74, 6) is 0.631. The number of fused-ring (bicyclic) bond motifs is 1. The summed E-state index contributed by atoms with van der Waals surface area (Å²) in [5.41, 5.74) is 0.599. The Kier molecular flexibility index (Phi) is 3.35. The first-order chi connectivity index (χ1) is 8.79. The van der Waals surface area contributed by atoms with Crippen LogP contribution in [0.3, 0.4) is 0 Å². The zero-order valence-corrected chi connectivity index (χ0v) is 12.2. The quantitative estimate of drug-likeness (QED) is 0.901. The molecule has 4 nitrogen and oxygen atoms in total. The molecule has 19 heavy (non-hydrogen) atoms. The summed E-state index contributed by atoms with van der Waals surface area (Å²) < 4.78 is 1.72. The second-order valence-corrected chi connectivity index (χ2v) is 6.10. The first-order valence-corrected chi connectivity index (χ1v) is 6.59. The number of hydrogen-bond acceptors (Lipinski definition) is 3. The van der Waals surface area contributed by atoms with Crippen LogP contribution in [0, 0.1) is 0 Å². The summed E-state index contributed by atoms with van der Waals surface area (Å²) in [7, 11) is 0. The lowest BCUT2D eigenvalue weighted by Gasteiger charge is -2.25. The van der Waals surface area contributed by atoms with Crippen LogP contribution in [0.15, 0.2) is 29.1 Å². The van der Waals surface area contributed by atoms with Gasteiger partial charge in [-0.2, -0.15) is 0 Å². The van der Waals surface area contributed by atoms with Crippen molar-refractivity contribution < 1.29 is 0 Å². The molecule has 0 aliphatic carbocycles. The summed E-state index contributed by atoms with van der Waals surface area (Å²) in [6.45, 7) is 10.1. The second kappa shape index (κ2) is 4.68. The molecule has 1 aromatic carbocycles. The van der Waals surface area contributed by atoms with Crippen LogP contribution in [0.2, 0.25) is 0 Å². The maximum absolute atomic E-state index is 12.6. The lowest BCUT2D eigenvalue weighted by Crippen LogP contribution is -2.33. The average Bonchev–Trinajstić information content (AvgIpc) is 2.26. The van der Waals surface area contributed by atoms with Gasteiger partial charge in [0.1, 0.15) is 0 Å². The number of aromatic nitrogens is 2. The molecule has 0 bridgehead atoms. The van der Waals surface area contributed by atoms with Gasteiger partial charge in [0.25, 0.3) is 5.56 Å². The molecule has 0 aliphatic heterocycles. The molecule has 0 aliphatic rings. The van der Waals surface area contributed by atoms with Crippen molar-refractivity contribution in [2.24, 2.45) is 0 Å². The lowest BCUT2D eigenvalue weighted by atomic mass is 10.1. The van der Waals surface area contributed by atoms with Crippen molar-refractivity contribution in [2.45, 2.75) is 46.2 Å². The molecule has 0 fully saturated rings. The van der Waals surface area contributed by atoms with Crippen molar-refractivity contribution >= 4 is 16.9 Å². The lowest BCUT2D eigenvalue weighted by molar-refractivity contribution is 0.553. The van der Waals surface area contributed by atoms with Crippen LogP contribution in [0.25, 0.3) is 10.9 Å². The van der Waals surface area contributed by atoms with Crippen LogP contribution in [0.5, 0.6) is 0 Å². The second-order valence-electron chi connectivity index (χ2n) is 6.10. The Labute approximate surface area is 113 Å². The Bertz CT molecular complexity index is 650. The third kappa shape index (κ3) is 2.78. The largest absolute Gasteiger partial charge is 0.351 e. The van der Waals surface area contributed by atoms with Crippen molar-refractivity contribution in [3.63, 3.8) is 0 Å². The van der Waals surface area contributed by atoms with Crippen LogP contribution in [-0.4, -0.2) is 15.1 Å². The SMILES string of the molecule is CC(C)n1c(NC(C)(C)C)nc2ccccc2c1=O. The minimum absolute atomic E-state index is 0.00681. The first kappa shape index (κ1) is 13.6. The number of benzene rings is 1. The fourth-order valence-corrected chi connectivity index (χ4v) is 2.05. The van der Waals surface area contributed by atoms with Crippen molar-refractivity contribution in [3.8, 4) is 0 Å². The Morgan fingerprint density at radius 1 is 1.21 bits per heavy atom. The third-order valence-corrected chi connectivity index (χ3v) is 2.81. The van der Waals surface area contributed by atoms with Gasteiger partial charge < -0.3 is 5.32 Å². The highest BCUT2D eigenvalue weighted by molar-refractivity contribution is 5.78. The Morgan fingerprint density at radius 2 is 1.84 bits per heavy atom. The molecule has 1 heterocycles. The van der Waals surface area contributed by atoms with E-state index in [0.29, 0.717) is 11.3 Å². The minimum Gasteiger partial charge on any atom is -0.351 e. The van der Waals surface area contributed by atoms with Crippen LogP contribution in [0.1, 0.15) is 40.7 Å². The molecule has 0 spiro atoms. The molecule has 1 aromatic heterocycles. The minimum atomic E-state index is -0.140. The smallest absolute Gasteiger partial charge is 0.263 e. The van der Waals surface area contributed by atoms with E-state index in [1.54, 1.807) is 4.57 Å². The highest BCUT2D eigenvalue weighted by atomic mass is 16.1. The highest BCUT2D eigenvalue weighted by Crippen LogP contribution is 2.18. The fourth-order valence-electron chi connectivity index (χ4n) is 2.05.